The van der Waals surface area contributed by atoms with E-state index in [0.29, 0.717) is 18.2 Å². The number of rotatable bonds is 7. The highest BCUT2D eigenvalue weighted by atomic mass is 31.2. The van der Waals surface area contributed by atoms with Gasteiger partial charge in [0.2, 0.25) is 6.73 Å². The maximum Gasteiger partial charge on any atom is 0.443 e. The number of fused-ring (bicyclic) bond motifs is 2. The Morgan fingerprint density at radius 2 is 2.04 bits per heavy atom. The molecule has 2 heterocycles. The smallest absolute Gasteiger partial charge is 0.443 e. The number of methoxy groups -OCH3 is 1. The van der Waals surface area contributed by atoms with E-state index in [2.05, 4.69) is 0 Å². The Labute approximate surface area is 152 Å². The third-order valence-corrected chi connectivity index (χ3v) is 6.88. The van der Waals surface area contributed by atoms with E-state index in [4.69, 9.17) is 14.0 Å². The third kappa shape index (κ3) is 3.75. The van der Waals surface area contributed by atoms with Gasteiger partial charge >= 0.3 is 13.9 Å². The Kier molecular flexibility index (Phi) is 5.89. The van der Waals surface area contributed by atoms with Crippen LogP contribution in [-0.2, 0) is 23.6 Å². The van der Waals surface area contributed by atoms with Crippen molar-refractivity contribution in [1.29, 1.82) is 0 Å². The number of carbonyl (C=O) groups excluding carboxylic acids is 2. The summed E-state index contributed by atoms with van der Waals surface area (Å²) in [6.07, 6.45) is 1.41. The minimum absolute atomic E-state index is 0.127. The summed E-state index contributed by atoms with van der Waals surface area (Å²) in [6, 6.07) is 8.33. The molecule has 26 heavy (non-hydrogen) atoms. The zero-order chi connectivity index (χ0) is 18.7. The summed E-state index contributed by atoms with van der Waals surface area (Å²) >= 11 is 0. The molecule has 4 unspecified atom stereocenters. The molecule has 8 nitrogen and oxygen atoms in total. The van der Waals surface area contributed by atoms with Gasteiger partial charge in [0.05, 0.1) is 13.2 Å². The van der Waals surface area contributed by atoms with E-state index in [0.717, 1.165) is 17.7 Å². The lowest BCUT2D eigenvalue weighted by Gasteiger charge is -2.38. The number of nitrogens with one attached hydrogen (secondary N) is 1. The van der Waals surface area contributed by atoms with E-state index in [1.54, 1.807) is 30.3 Å². The zero-order valence-electron chi connectivity index (χ0n) is 14.5. The lowest BCUT2D eigenvalue weighted by molar-refractivity contribution is -0.960. The molecular formula is C17H24NO7P+2. The molecule has 3 rings (SSSR count). The van der Waals surface area contributed by atoms with Crippen molar-refractivity contribution in [3.63, 3.8) is 0 Å². The topological polar surface area (TPSA) is 107 Å². The van der Waals surface area contributed by atoms with Crippen molar-refractivity contribution < 1.29 is 38.3 Å². The van der Waals surface area contributed by atoms with Gasteiger partial charge < -0.3 is 9.47 Å². The molecular weight excluding hydrogens is 361 g/mol. The monoisotopic (exact) mass is 385 g/mol. The molecule has 0 aromatic heterocycles. The number of quaternary nitrogens is 1. The van der Waals surface area contributed by atoms with Crippen LogP contribution in [0, 0.1) is 5.92 Å². The van der Waals surface area contributed by atoms with E-state index in [1.165, 1.54) is 7.11 Å². The number of carbonyl (C=O) groups is 2. The highest BCUT2D eigenvalue weighted by molar-refractivity contribution is 7.67. The quantitative estimate of drug-likeness (QED) is 0.320. The molecule has 2 bridgehead atoms. The van der Waals surface area contributed by atoms with Crippen LogP contribution in [0.4, 0.5) is 0 Å². The van der Waals surface area contributed by atoms with Gasteiger partial charge in [-0.1, -0.05) is 18.2 Å². The molecule has 0 aliphatic carbocycles. The number of piperidine rings is 1. The Hall–Kier alpha value is -1.57. The lowest BCUT2D eigenvalue weighted by atomic mass is 9.88. The third-order valence-electron chi connectivity index (χ3n) is 5.34. The molecule has 3 N–H and O–H groups in total. The average molecular weight is 385 g/mol. The SMILES string of the molecule is COC(=O)[C@H]1C(O[P+](O)(O)c2ccccc2)CC2CCC1[NH+]2COC=O. The molecule has 2 saturated heterocycles. The minimum Gasteiger partial charge on any atom is -0.469 e. The molecule has 5 atom stereocenters. The zero-order valence-corrected chi connectivity index (χ0v) is 15.4. The van der Waals surface area contributed by atoms with Gasteiger partial charge in [-0.2, -0.15) is 14.3 Å². The highest BCUT2D eigenvalue weighted by Gasteiger charge is 2.59. The van der Waals surface area contributed by atoms with E-state index < -0.39 is 25.9 Å². The molecule has 0 amide bonds. The molecule has 0 spiro atoms. The molecule has 0 saturated carbocycles. The number of hydrogen-bond donors (Lipinski definition) is 3. The normalized spacial score (nSPS) is 30.7. The molecule has 2 fully saturated rings. The van der Waals surface area contributed by atoms with Crippen LogP contribution in [0.3, 0.4) is 0 Å². The van der Waals surface area contributed by atoms with Crippen LogP contribution in [0.5, 0.6) is 0 Å². The molecule has 9 heteroatoms. The van der Waals surface area contributed by atoms with Crippen LogP contribution in [0.1, 0.15) is 19.3 Å². The summed E-state index contributed by atoms with van der Waals surface area (Å²) in [7, 11) is -2.52. The predicted octanol–water partition coefficient (Wildman–Crippen LogP) is -0.816. The van der Waals surface area contributed by atoms with Crippen LogP contribution in [0.2, 0.25) is 0 Å². The van der Waals surface area contributed by atoms with Gasteiger partial charge in [0.1, 0.15) is 18.1 Å². The van der Waals surface area contributed by atoms with Crippen LogP contribution in [-0.4, -0.2) is 54.3 Å². The molecule has 142 valence electrons. The minimum atomic E-state index is -3.82. The van der Waals surface area contributed by atoms with E-state index in [-0.39, 0.29) is 18.8 Å². The second kappa shape index (κ2) is 7.98. The molecule has 1 aromatic carbocycles. The fraction of sp³-hybridized carbons (Fsp3) is 0.529. The molecule has 2 aliphatic heterocycles. The first kappa shape index (κ1) is 19.2. The number of benzene rings is 1. The van der Waals surface area contributed by atoms with Gasteiger partial charge in [-0.15, -0.1) is 0 Å². The predicted molar refractivity (Wildman–Crippen MR) is 92.2 cm³/mol. The second-order valence-electron chi connectivity index (χ2n) is 6.67. The van der Waals surface area contributed by atoms with Crippen molar-refractivity contribution in [2.75, 3.05) is 13.8 Å². The van der Waals surface area contributed by atoms with Crippen LogP contribution >= 0.6 is 7.94 Å². The standard InChI is InChI=1S/C17H23NO7P/c1-23-17(20)16-14-8-7-12(18(14)10-24-11-19)9-15(16)25-26(21,22)13-5-3-2-4-6-13/h2-6,11-12,14-16,21-22H,7-10H2,1H3/q+1/p+1/t12?,14?,15?,16-/m1/s1. The molecule has 2 aliphatic rings. The first-order valence-corrected chi connectivity index (χ1v) is 10.2. The lowest BCUT2D eigenvalue weighted by Crippen LogP contribution is -3.19. The van der Waals surface area contributed by atoms with E-state index >= 15 is 0 Å². The summed E-state index contributed by atoms with van der Waals surface area (Å²) in [4.78, 5) is 45.0. The average Bonchev–Trinajstić information content (AvgIpc) is 2.92. The Morgan fingerprint density at radius 1 is 1.31 bits per heavy atom. The maximum atomic E-state index is 12.4. The highest BCUT2D eigenvalue weighted by Crippen LogP contribution is 2.53. The maximum absolute atomic E-state index is 12.4. The fourth-order valence-corrected chi connectivity index (χ4v) is 5.48. The van der Waals surface area contributed by atoms with Crippen LogP contribution in [0.25, 0.3) is 0 Å². The Bertz CT molecular complexity index is 641. The number of hydrogen-bond acceptors (Lipinski definition) is 7. The number of ether oxygens (including phenoxy) is 2. The summed E-state index contributed by atoms with van der Waals surface area (Å²) in [5.74, 6) is -1.09. The van der Waals surface area contributed by atoms with Crippen molar-refractivity contribution in [2.24, 2.45) is 5.92 Å². The van der Waals surface area contributed by atoms with Crippen molar-refractivity contribution in [3.8, 4) is 0 Å². The molecule has 1 aromatic rings. The summed E-state index contributed by atoms with van der Waals surface area (Å²) in [5, 5.41) is 0.301. The largest absolute Gasteiger partial charge is 0.469 e. The van der Waals surface area contributed by atoms with Gasteiger partial charge in [-0.25, -0.2) is 0 Å². The summed E-state index contributed by atoms with van der Waals surface area (Å²) in [5.41, 5.74) is 0. The first-order chi connectivity index (χ1) is 12.5. The second-order valence-corrected chi connectivity index (χ2v) is 8.49. The van der Waals surface area contributed by atoms with Crippen molar-refractivity contribution in [3.05, 3.63) is 30.3 Å². The van der Waals surface area contributed by atoms with Crippen molar-refractivity contribution >= 4 is 25.7 Å². The summed E-state index contributed by atoms with van der Waals surface area (Å²) in [6.45, 7) is 0.575. The number of esters is 1. The van der Waals surface area contributed by atoms with E-state index in [9.17, 15) is 19.4 Å². The van der Waals surface area contributed by atoms with Gasteiger partial charge in [-0.3, -0.25) is 14.5 Å². The molecule has 0 radical (unpaired) electrons. The first-order valence-electron chi connectivity index (χ1n) is 8.55. The van der Waals surface area contributed by atoms with E-state index in [1.807, 2.05) is 0 Å². The Balaban J connectivity index is 1.82. The Morgan fingerprint density at radius 3 is 2.69 bits per heavy atom. The van der Waals surface area contributed by atoms with Gasteiger partial charge in [0.25, 0.3) is 6.47 Å². The van der Waals surface area contributed by atoms with Gasteiger partial charge in [-0.05, 0) is 12.1 Å². The van der Waals surface area contributed by atoms with Crippen LogP contribution in [0.15, 0.2) is 30.3 Å². The summed E-state index contributed by atoms with van der Waals surface area (Å²) < 4.78 is 15.6. The van der Waals surface area contributed by atoms with Gasteiger partial charge in [0.15, 0.2) is 5.30 Å². The fourth-order valence-electron chi connectivity index (χ4n) is 4.21. The van der Waals surface area contributed by atoms with Crippen LogP contribution < -0.4 is 10.2 Å². The van der Waals surface area contributed by atoms with Crippen molar-refractivity contribution in [2.45, 2.75) is 37.5 Å². The van der Waals surface area contributed by atoms with Gasteiger partial charge in [0, 0.05) is 19.3 Å². The van der Waals surface area contributed by atoms with Crippen molar-refractivity contribution in [1.82, 2.24) is 0 Å².